The number of benzene rings is 3. The average molecular weight is 479 g/mol. The van der Waals surface area contributed by atoms with E-state index in [9.17, 15) is 14.7 Å². The summed E-state index contributed by atoms with van der Waals surface area (Å²) < 4.78 is 5.38. The van der Waals surface area contributed by atoms with E-state index in [-0.39, 0.29) is 22.0 Å². The van der Waals surface area contributed by atoms with Crippen LogP contribution in [0.5, 0.6) is 5.75 Å². The highest BCUT2D eigenvalue weighted by Crippen LogP contribution is 2.35. The van der Waals surface area contributed by atoms with Gasteiger partial charge in [0.2, 0.25) is 0 Å². The molecule has 0 saturated carbocycles. The molecule has 0 spiro atoms. The maximum Gasteiger partial charge on any atom is 0.326 e. The SMILES string of the molecule is COc1ccccc1-c1ccc(C[C@H](NC(=O)c2c(Cl)cccc2Cl)C(=O)O)cc1Cl. The molecule has 0 radical (unpaired) electrons. The van der Waals surface area contributed by atoms with Gasteiger partial charge in [-0.25, -0.2) is 4.79 Å². The molecule has 0 bridgehead atoms. The van der Waals surface area contributed by atoms with Gasteiger partial charge >= 0.3 is 5.97 Å². The Hall–Kier alpha value is -2.73. The summed E-state index contributed by atoms with van der Waals surface area (Å²) >= 11 is 18.6. The van der Waals surface area contributed by atoms with Crippen molar-refractivity contribution in [2.24, 2.45) is 0 Å². The topological polar surface area (TPSA) is 75.6 Å². The number of carbonyl (C=O) groups is 2. The van der Waals surface area contributed by atoms with Crippen LogP contribution in [-0.4, -0.2) is 30.1 Å². The second-order valence-electron chi connectivity index (χ2n) is 6.68. The summed E-state index contributed by atoms with van der Waals surface area (Å²) in [5.41, 5.74) is 2.24. The van der Waals surface area contributed by atoms with E-state index in [0.29, 0.717) is 16.3 Å². The molecule has 0 fully saturated rings. The largest absolute Gasteiger partial charge is 0.496 e. The number of aliphatic carboxylic acids is 1. The molecule has 31 heavy (non-hydrogen) atoms. The van der Waals surface area contributed by atoms with Crippen molar-refractivity contribution in [2.75, 3.05) is 7.11 Å². The second kappa shape index (κ2) is 10.1. The quantitative estimate of drug-likeness (QED) is 0.453. The summed E-state index contributed by atoms with van der Waals surface area (Å²) in [6, 6.07) is 16.1. The fourth-order valence-corrected chi connectivity index (χ4v) is 4.03. The lowest BCUT2D eigenvalue weighted by atomic mass is 9.99. The Kier molecular flexibility index (Phi) is 7.44. The molecule has 0 aliphatic carbocycles. The van der Waals surface area contributed by atoms with Crippen molar-refractivity contribution in [3.8, 4) is 16.9 Å². The highest BCUT2D eigenvalue weighted by Gasteiger charge is 2.24. The van der Waals surface area contributed by atoms with Crippen LogP contribution >= 0.6 is 34.8 Å². The van der Waals surface area contributed by atoms with E-state index >= 15 is 0 Å². The smallest absolute Gasteiger partial charge is 0.326 e. The van der Waals surface area contributed by atoms with Crippen LogP contribution in [0.15, 0.2) is 60.7 Å². The van der Waals surface area contributed by atoms with Gasteiger partial charge in [0.1, 0.15) is 11.8 Å². The number of halogens is 3. The number of para-hydroxylation sites is 1. The number of amides is 1. The van der Waals surface area contributed by atoms with Crippen LogP contribution < -0.4 is 10.1 Å². The van der Waals surface area contributed by atoms with E-state index in [1.54, 1.807) is 31.4 Å². The van der Waals surface area contributed by atoms with Crippen molar-refractivity contribution in [1.82, 2.24) is 5.32 Å². The number of hydrogen-bond donors (Lipinski definition) is 2. The minimum absolute atomic E-state index is 0.0229. The van der Waals surface area contributed by atoms with E-state index in [0.717, 1.165) is 11.1 Å². The first kappa shape index (κ1) is 22.9. The zero-order chi connectivity index (χ0) is 22.5. The lowest BCUT2D eigenvalue weighted by Gasteiger charge is -2.17. The minimum atomic E-state index is -1.20. The van der Waals surface area contributed by atoms with Gasteiger partial charge in [-0.05, 0) is 29.8 Å². The average Bonchev–Trinajstić information content (AvgIpc) is 2.73. The Morgan fingerprint density at radius 3 is 2.23 bits per heavy atom. The van der Waals surface area contributed by atoms with Crippen molar-refractivity contribution in [2.45, 2.75) is 12.5 Å². The van der Waals surface area contributed by atoms with E-state index < -0.39 is 17.9 Å². The zero-order valence-electron chi connectivity index (χ0n) is 16.4. The lowest BCUT2D eigenvalue weighted by molar-refractivity contribution is -0.139. The van der Waals surface area contributed by atoms with Gasteiger partial charge in [-0.2, -0.15) is 0 Å². The molecule has 2 N–H and O–H groups in total. The van der Waals surface area contributed by atoms with E-state index in [1.807, 2.05) is 24.3 Å². The molecule has 3 aromatic rings. The molecule has 8 heteroatoms. The zero-order valence-corrected chi connectivity index (χ0v) is 18.6. The normalized spacial score (nSPS) is 11.6. The van der Waals surface area contributed by atoms with Crippen molar-refractivity contribution >= 4 is 46.7 Å². The third-order valence-corrected chi connectivity index (χ3v) is 5.61. The Balaban J connectivity index is 1.83. The molecule has 3 aromatic carbocycles. The highest BCUT2D eigenvalue weighted by atomic mass is 35.5. The molecule has 3 rings (SSSR count). The number of nitrogens with one attached hydrogen (secondary N) is 1. The third kappa shape index (κ3) is 5.31. The van der Waals surface area contributed by atoms with E-state index in [4.69, 9.17) is 39.5 Å². The van der Waals surface area contributed by atoms with Crippen molar-refractivity contribution < 1.29 is 19.4 Å². The monoisotopic (exact) mass is 477 g/mol. The number of carbonyl (C=O) groups excluding carboxylic acids is 1. The Morgan fingerprint density at radius 2 is 1.61 bits per heavy atom. The summed E-state index contributed by atoms with van der Waals surface area (Å²) in [6.45, 7) is 0. The first-order valence-electron chi connectivity index (χ1n) is 9.21. The third-order valence-electron chi connectivity index (χ3n) is 4.66. The number of ether oxygens (including phenoxy) is 1. The molecule has 0 heterocycles. The van der Waals surface area contributed by atoms with Crippen LogP contribution in [0.25, 0.3) is 11.1 Å². The number of methoxy groups -OCH3 is 1. The van der Waals surface area contributed by atoms with Gasteiger partial charge in [-0.1, -0.05) is 71.2 Å². The van der Waals surface area contributed by atoms with Crippen LogP contribution in [0.3, 0.4) is 0 Å². The maximum atomic E-state index is 12.6. The lowest BCUT2D eigenvalue weighted by Crippen LogP contribution is -2.42. The summed E-state index contributed by atoms with van der Waals surface area (Å²) in [4.78, 5) is 24.4. The van der Waals surface area contributed by atoms with Gasteiger partial charge < -0.3 is 15.2 Å². The van der Waals surface area contributed by atoms with Gasteiger partial charge in [0.25, 0.3) is 5.91 Å². The number of hydrogen-bond acceptors (Lipinski definition) is 3. The Bertz CT molecular complexity index is 1110. The van der Waals surface area contributed by atoms with Crippen molar-refractivity contribution in [3.63, 3.8) is 0 Å². The van der Waals surface area contributed by atoms with Crippen molar-refractivity contribution in [3.05, 3.63) is 86.9 Å². The summed E-state index contributed by atoms with van der Waals surface area (Å²) in [5, 5.41) is 12.8. The van der Waals surface area contributed by atoms with Gasteiger partial charge in [-0.3, -0.25) is 4.79 Å². The molecule has 0 aliphatic heterocycles. The van der Waals surface area contributed by atoms with Crippen LogP contribution in [0, 0.1) is 0 Å². The first-order valence-corrected chi connectivity index (χ1v) is 10.3. The molecule has 0 unspecified atom stereocenters. The number of rotatable bonds is 7. The molecule has 0 aliphatic rings. The van der Waals surface area contributed by atoms with Crippen LogP contribution in [0.4, 0.5) is 0 Å². The molecule has 0 saturated heterocycles. The molecular weight excluding hydrogens is 461 g/mol. The van der Waals surface area contributed by atoms with Crippen LogP contribution in [0.1, 0.15) is 15.9 Å². The van der Waals surface area contributed by atoms with Crippen LogP contribution in [0.2, 0.25) is 15.1 Å². The van der Waals surface area contributed by atoms with Gasteiger partial charge in [0, 0.05) is 22.6 Å². The summed E-state index contributed by atoms with van der Waals surface area (Å²) in [7, 11) is 1.58. The molecule has 5 nitrogen and oxygen atoms in total. The predicted molar refractivity (Wildman–Crippen MR) is 122 cm³/mol. The summed E-state index contributed by atoms with van der Waals surface area (Å²) in [6.07, 6.45) is 0.0229. The van der Waals surface area contributed by atoms with Gasteiger partial charge in [0.15, 0.2) is 0 Å². The molecule has 0 aromatic heterocycles. The van der Waals surface area contributed by atoms with Gasteiger partial charge in [-0.15, -0.1) is 0 Å². The predicted octanol–water partition coefficient (Wildman–Crippen LogP) is 5.75. The summed E-state index contributed by atoms with van der Waals surface area (Å²) in [5.74, 6) is -1.19. The Labute approximate surface area is 194 Å². The van der Waals surface area contributed by atoms with Gasteiger partial charge in [0.05, 0.1) is 22.7 Å². The fourth-order valence-electron chi connectivity index (χ4n) is 3.15. The molecule has 160 valence electrons. The number of carboxylic acids is 1. The van der Waals surface area contributed by atoms with Crippen molar-refractivity contribution in [1.29, 1.82) is 0 Å². The van der Waals surface area contributed by atoms with Crippen LogP contribution in [-0.2, 0) is 11.2 Å². The highest BCUT2D eigenvalue weighted by molar-refractivity contribution is 6.39. The minimum Gasteiger partial charge on any atom is -0.496 e. The standard InChI is InChI=1S/C23H18Cl3NO4/c1-31-20-8-3-2-5-15(20)14-10-9-13(11-18(14)26)12-19(23(29)30)27-22(28)21-16(24)6-4-7-17(21)25/h2-11,19H,12H2,1H3,(H,27,28)(H,29,30)/t19-/m0/s1. The second-order valence-corrected chi connectivity index (χ2v) is 7.90. The fraction of sp³-hybridized carbons (Fsp3) is 0.130. The molecule has 1 amide bonds. The molecule has 1 atom stereocenters. The maximum absolute atomic E-state index is 12.6. The molecular formula is C23H18Cl3NO4. The first-order chi connectivity index (χ1) is 14.8. The Morgan fingerprint density at radius 1 is 0.935 bits per heavy atom. The van der Waals surface area contributed by atoms with E-state index in [1.165, 1.54) is 12.1 Å². The van der Waals surface area contributed by atoms with E-state index in [2.05, 4.69) is 5.32 Å². The number of carboxylic acid groups (broad SMARTS) is 1.